The summed E-state index contributed by atoms with van der Waals surface area (Å²) in [7, 11) is 1.66. The van der Waals surface area contributed by atoms with Gasteiger partial charge in [-0.3, -0.25) is 0 Å². The van der Waals surface area contributed by atoms with E-state index in [9.17, 15) is 9.90 Å². The largest absolute Gasteiger partial charge is 0.550 e. The highest BCUT2D eigenvalue weighted by Crippen LogP contribution is 2.40. The van der Waals surface area contributed by atoms with Gasteiger partial charge in [0.15, 0.2) is 0 Å². The van der Waals surface area contributed by atoms with Crippen LogP contribution in [0.4, 0.5) is 0 Å². The predicted octanol–water partition coefficient (Wildman–Crippen LogP) is 2.58. The second kappa shape index (κ2) is 5.47. The van der Waals surface area contributed by atoms with Crippen LogP contribution in [0, 0.1) is 0 Å². The van der Waals surface area contributed by atoms with E-state index < -0.39 is 5.97 Å². The van der Waals surface area contributed by atoms with Crippen LogP contribution in [0.3, 0.4) is 0 Å². The summed E-state index contributed by atoms with van der Waals surface area (Å²) in [6, 6.07) is 3.84. The van der Waals surface area contributed by atoms with Crippen molar-refractivity contribution in [2.75, 3.05) is 7.11 Å². The zero-order valence-electron chi connectivity index (χ0n) is 13.6. The molecule has 0 aromatic heterocycles. The third-order valence-corrected chi connectivity index (χ3v) is 3.32. The lowest BCUT2D eigenvalue weighted by atomic mass is 9.78. The zero-order chi connectivity index (χ0) is 15.7. The summed E-state index contributed by atoms with van der Waals surface area (Å²) in [4.78, 5) is 10.9. The van der Waals surface area contributed by atoms with Gasteiger partial charge in [0.1, 0.15) is 5.75 Å². The van der Waals surface area contributed by atoms with Crippen LogP contribution < -0.4 is 9.84 Å². The Balaban J connectivity index is 3.60. The fourth-order valence-electron chi connectivity index (χ4n) is 2.29. The van der Waals surface area contributed by atoms with Crippen LogP contribution in [0.15, 0.2) is 12.1 Å². The lowest BCUT2D eigenvalue weighted by Crippen LogP contribution is -2.26. The topological polar surface area (TPSA) is 49.4 Å². The van der Waals surface area contributed by atoms with Crippen LogP contribution in [0.2, 0.25) is 0 Å². The number of carbonyl (C=O) groups is 1. The van der Waals surface area contributed by atoms with Crippen LogP contribution in [0.1, 0.15) is 58.2 Å². The van der Waals surface area contributed by atoms with E-state index in [0.29, 0.717) is 0 Å². The van der Waals surface area contributed by atoms with Crippen molar-refractivity contribution in [2.24, 2.45) is 0 Å². The van der Waals surface area contributed by atoms with Gasteiger partial charge in [-0.15, -0.1) is 0 Å². The first-order chi connectivity index (χ1) is 8.96. The van der Waals surface area contributed by atoms with Crippen LogP contribution in [-0.2, 0) is 22.0 Å². The Bertz CT molecular complexity index is 467. The summed E-state index contributed by atoms with van der Waals surface area (Å²) in [5.41, 5.74) is 2.59. The third-order valence-electron chi connectivity index (χ3n) is 3.32. The molecule has 0 bridgehead atoms. The van der Waals surface area contributed by atoms with Gasteiger partial charge < -0.3 is 14.6 Å². The van der Waals surface area contributed by atoms with Crippen molar-refractivity contribution in [3.05, 3.63) is 28.8 Å². The first-order valence-electron chi connectivity index (χ1n) is 6.88. The Morgan fingerprint density at radius 1 is 1.05 bits per heavy atom. The van der Waals surface area contributed by atoms with Gasteiger partial charge in [0, 0.05) is 23.5 Å². The number of carboxylic acid groups (broad SMARTS) is 1. The molecule has 0 radical (unpaired) electrons. The smallest absolute Gasteiger partial charge is 0.126 e. The van der Waals surface area contributed by atoms with Gasteiger partial charge in [-0.1, -0.05) is 53.7 Å². The number of methoxy groups -OCH3 is 1. The first-order valence-corrected chi connectivity index (χ1v) is 6.88. The SMILES string of the molecule is COc1c(C(C)(C)C)cc(CC(=O)[O-])cc1C(C)(C)C. The normalized spacial score (nSPS) is 12.3. The number of hydrogen-bond acceptors (Lipinski definition) is 3. The molecule has 0 spiro atoms. The van der Waals surface area contributed by atoms with Crippen molar-refractivity contribution in [1.82, 2.24) is 0 Å². The molecule has 0 aliphatic carbocycles. The minimum Gasteiger partial charge on any atom is -0.550 e. The maximum atomic E-state index is 10.9. The highest BCUT2D eigenvalue weighted by molar-refractivity contribution is 5.69. The minimum absolute atomic E-state index is 0.0733. The average molecular weight is 277 g/mol. The molecule has 0 aliphatic heterocycles. The van der Waals surface area contributed by atoms with Gasteiger partial charge in [0.2, 0.25) is 0 Å². The number of ether oxygens (including phenoxy) is 1. The Morgan fingerprint density at radius 3 is 1.70 bits per heavy atom. The van der Waals surface area contributed by atoms with E-state index in [0.717, 1.165) is 22.4 Å². The Labute approximate surface area is 122 Å². The number of benzene rings is 1. The van der Waals surface area contributed by atoms with Gasteiger partial charge >= 0.3 is 0 Å². The molecule has 0 aliphatic rings. The van der Waals surface area contributed by atoms with Crippen LogP contribution in [0.25, 0.3) is 0 Å². The molecule has 0 atom stereocenters. The van der Waals surface area contributed by atoms with Gasteiger partial charge in [-0.25, -0.2) is 0 Å². The highest BCUT2D eigenvalue weighted by Gasteiger charge is 2.27. The van der Waals surface area contributed by atoms with Crippen molar-refractivity contribution in [3.8, 4) is 5.75 Å². The maximum absolute atomic E-state index is 10.9. The van der Waals surface area contributed by atoms with Crippen LogP contribution >= 0.6 is 0 Å². The van der Waals surface area contributed by atoms with Gasteiger partial charge in [0.25, 0.3) is 0 Å². The summed E-state index contributed by atoms with van der Waals surface area (Å²) < 4.78 is 5.63. The Hall–Kier alpha value is -1.51. The highest BCUT2D eigenvalue weighted by atomic mass is 16.5. The molecule has 0 saturated heterocycles. The predicted molar refractivity (Wildman–Crippen MR) is 79.1 cm³/mol. The Morgan fingerprint density at radius 2 is 1.45 bits per heavy atom. The van der Waals surface area contributed by atoms with E-state index in [2.05, 4.69) is 41.5 Å². The van der Waals surface area contributed by atoms with E-state index in [1.54, 1.807) is 7.11 Å². The number of carbonyl (C=O) groups excluding carboxylic acids is 1. The molecule has 0 fully saturated rings. The summed E-state index contributed by atoms with van der Waals surface area (Å²) >= 11 is 0. The molecular formula is C17H25O3-. The molecule has 1 aromatic rings. The Kier molecular flexibility index (Phi) is 4.52. The molecular weight excluding hydrogens is 252 g/mol. The summed E-state index contributed by atoms with van der Waals surface area (Å²) in [5, 5.41) is 10.9. The molecule has 20 heavy (non-hydrogen) atoms. The second-order valence-corrected chi connectivity index (χ2v) is 7.27. The number of carboxylic acids is 1. The molecule has 3 heteroatoms. The molecule has 0 saturated carbocycles. The number of hydrogen-bond donors (Lipinski definition) is 0. The zero-order valence-corrected chi connectivity index (χ0v) is 13.6. The first kappa shape index (κ1) is 16.5. The third kappa shape index (κ3) is 3.75. The monoisotopic (exact) mass is 277 g/mol. The van der Waals surface area contributed by atoms with Crippen molar-refractivity contribution in [2.45, 2.75) is 58.8 Å². The molecule has 1 aromatic carbocycles. The van der Waals surface area contributed by atoms with Crippen LogP contribution in [0.5, 0.6) is 5.75 Å². The van der Waals surface area contributed by atoms with Crippen molar-refractivity contribution in [1.29, 1.82) is 0 Å². The van der Waals surface area contributed by atoms with E-state index in [1.165, 1.54) is 0 Å². The fraction of sp³-hybridized carbons (Fsp3) is 0.588. The number of aliphatic carboxylic acids is 1. The molecule has 1 rings (SSSR count). The fourth-order valence-corrected chi connectivity index (χ4v) is 2.29. The van der Waals surface area contributed by atoms with Crippen molar-refractivity contribution in [3.63, 3.8) is 0 Å². The molecule has 0 amide bonds. The quantitative estimate of drug-likeness (QED) is 0.853. The maximum Gasteiger partial charge on any atom is 0.126 e. The standard InChI is InChI=1S/C17H26O3/c1-16(2,3)12-8-11(10-14(18)19)9-13(15(12)20-7)17(4,5)6/h8-9H,10H2,1-7H3,(H,18,19)/p-1. The average Bonchev–Trinajstić information content (AvgIpc) is 2.24. The summed E-state index contributed by atoms with van der Waals surface area (Å²) in [6.07, 6.45) is -0.0733. The lowest BCUT2D eigenvalue weighted by molar-refractivity contribution is -0.304. The minimum atomic E-state index is -1.06. The van der Waals surface area contributed by atoms with E-state index in [-0.39, 0.29) is 17.3 Å². The van der Waals surface area contributed by atoms with Gasteiger partial charge in [0.05, 0.1) is 7.11 Å². The molecule has 112 valence electrons. The van der Waals surface area contributed by atoms with E-state index in [4.69, 9.17) is 4.74 Å². The summed E-state index contributed by atoms with van der Waals surface area (Å²) in [6.45, 7) is 12.6. The lowest BCUT2D eigenvalue weighted by Gasteiger charge is -2.30. The molecule has 0 heterocycles. The van der Waals surface area contributed by atoms with Gasteiger partial charge in [-0.2, -0.15) is 0 Å². The van der Waals surface area contributed by atoms with Crippen molar-refractivity contribution < 1.29 is 14.6 Å². The second-order valence-electron chi connectivity index (χ2n) is 7.27. The molecule has 3 nitrogen and oxygen atoms in total. The molecule has 0 N–H and O–H groups in total. The van der Waals surface area contributed by atoms with Crippen molar-refractivity contribution >= 4 is 5.97 Å². The van der Waals surface area contributed by atoms with E-state index >= 15 is 0 Å². The van der Waals surface area contributed by atoms with Gasteiger partial charge in [-0.05, 0) is 16.4 Å². The molecule has 0 unspecified atom stereocenters. The summed E-state index contributed by atoms with van der Waals surface area (Å²) in [5.74, 6) is -0.206. The van der Waals surface area contributed by atoms with E-state index in [1.807, 2.05) is 12.1 Å². The van der Waals surface area contributed by atoms with Crippen LogP contribution in [-0.4, -0.2) is 13.1 Å². The number of rotatable bonds is 3.